The van der Waals surface area contributed by atoms with Crippen molar-refractivity contribution in [3.05, 3.63) is 47.5 Å². The lowest BCUT2D eigenvalue weighted by Crippen LogP contribution is -2.35. The van der Waals surface area contributed by atoms with E-state index in [9.17, 15) is 0 Å². The fourth-order valence-electron chi connectivity index (χ4n) is 4.09. The van der Waals surface area contributed by atoms with Crippen molar-refractivity contribution < 1.29 is 0 Å². The Morgan fingerprint density at radius 3 is 2.68 bits per heavy atom. The summed E-state index contributed by atoms with van der Waals surface area (Å²) < 4.78 is 2.23. The molecule has 0 saturated carbocycles. The lowest BCUT2D eigenvalue weighted by molar-refractivity contribution is 0.209. The van der Waals surface area contributed by atoms with Crippen LogP contribution in [-0.4, -0.2) is 39.3 Å². The van der Waals surface area contributed by atoms with E-state index in [1.165, 1.54) is 36.3 Å². The van der Waals surface area contributed by atoms with Crippen LogP contribution < -0.4 is 0 Å². The highest BCUT2D eigenvalue weighted by atomic mass is 15.4. The Balaban J connectivity index is 1.56. The second-order valence-corrected chi connectivity index (χ2v) is 6.63. The number of benzene rings is 1. The lowest BCUT2D eigenvalue weighted by atomic mass is 9.97. The zero-order valence-electron chi connectivity index (χ0n) is 13.3. The van der Waals surface area contributed by atoms with Gasteiger partial charge in [0.2, 0.25) is 0 Å². The second kappa shape index (κ2) is 5.84. The number of hydrogen-bond acceptors (Lipinski definition) is 3. The minimum atomic E-state index is 0.451. The van der Waals surface area contributed by atoms with Gasteiger partial charge in [-0.15, -0.1) is 0 Å². The van der Waals surface area contributed by atoms with Gasteiger partial charge in [-0.3, -0.25) is 0 Å². The molecule has 1 aromatic heterocycles. The van der Waals surface area contributed by atoms with Crippen LogP contribution in [0, 0.1) is 0 Å². The molecule has 4 rings (SSSR count). The number of rotatable bonds is 3. The second-order valence-electron chi connectivity index (χ2n) is 6.63. The van der Waals surface area contributed by atoms with Gasteiger partial charge in [0.15, 0.2) is 0 Å². The first-order chi connectivity index (χ1) is 10.8. The van der Waals surface area contributed by atoms with E-state index in [1.807, 2.05) is 0 Å². The van der Waals surface area contributed by atoms with Crippen LogP contribution in [0.2, 0.25) is 0 Å². The summed E-state index contributed by atoms with van der Waals surface area (Å²) in [4.78, 5) is 7.18. The number of fused-ring (bicyclic) bond motifs is 1. The molecule has 0 N–H and O–H groups in total. The van der Waals surface area contributed by atoms with Crippen LogP contribution in [0.4, 0.5) is 0 Å². The van der Waals surface area contributed by atoms with E-state index >= 15 is 0 Å². The molecule has 4 nitrogen and oxygen atoms in total. The molecule has 1 aromatic carbocycles. The summed E-state index contributed by atoms with van der Waals surface area (Å²) in [7, 11) is 0. The quantitative estimate of drug-likeness (QED) is 0.873. The largest absolute Gasteiger partial charge is 0.303 e. The number of hydrogen-bond donors (Lipinski definition) is 0. The summed E-state index contributed by atoms with van der Waals surface area (Å²) in [5.74, 6) is 1.75. The maximum atomic E-state index is 4.64. The van der Waals surface area contributed by atoms with Crippen molar-refractivity contribution in [1.82, 2.24) is 19.7 Å². The van der Waals surface area contributed by atoms with Crippen molar-refractivity contribution in [2.45, 2.75) is 44.6 Å². The average molecular weight is 296 g/mol. The van der Waals surface area contributed by atoms with Gasteiger partial charge in [0.1, 0.15) is 12.2 Å². The van der Waals surface area contributed by atoms with Gasteiger partial charge < -0.3 is 4.90 Å². The van der Waals surface area contributed by atoms with Crippen molar-refractivity contribution in [3.8, 4) is 0 Å². The highest BCUT2D eigenvalue weighted by Crippen LogP contribution is 2.33. The predicted molar refractivity (Wildman–Crippen MR) is 87.0 cm³/mol. The summed E-state index contributed by atoms with van der Waals surface area (Å²) in [5.41, 5.74) is 2.96. The maximum Gasteiger partial charge on any atom is 0.138 e. The Morgan fingerprint density at radius 2 is 1.95 bits per heavy atom. The van der Waals surface area contributed by atoms with Gasteiger partial charge >= 0.3 is 0 Å². The number of likely N-dealkylation sites (tertiary alicyclic amines) is 1. The number of likely N-dealkylation sites (N-methyl/N-ethyl adjacent to an activating group) is 1. The molecule has 1 fully saturated rings. The Morgan fingerprint density at radius 1 is 1.18 bits per heavy atom. The van der Waals surface area contributed by atoms with Crippen LogP contribution in [-0.2, 0) is 12.8 Å². The van der Waals surface area contributed by atoms with Gasteiger partial charge in [-0.05, 0) is 49.9 Å². The highest BCUT2D eigenvalue weighted by molar-refractivity contribution is 5.33. The third-order valence-electron chi connectivity index (χ3n) is 5.29. The zero-order valence-corrected chi connectivity index (χ0v) is 13.3. The van der Waals surface area contributed by atoms with E-state index in [4.69, 9.17) is 0 Å². The summed E-state index contributed by atoms with van der Waals surface area (Å²) in [6, 6.07) is 9.25. The molecule has 1 aliphatic carbocycles. The van der Waals surface area contributed by atoms with Gasteiger partial charge in [0, 0.05) is 12.5 Å². The van der Waals surface area contributed by atoms with Gasteiger partial charge in [-0.2, -0.15) is 5.10 Å². The van der Waals surface area contributed by atoms with Crippen LogP contribution >= 0.6 is 0 Å². The Kier molecular flexibility index (Phi) is 3.70. The molecule has 2 aliphatic rings. The van der Waals surface area contributed by atoms with Crippen molar-refractivity contribution in [3.63, 3.8) is 0 Å². The fourth-order valence-corrected chi connectivity index (χ4v) is 4.09. The SMILES string of the molecule is CCN1CCCC(c2ncnn2C2Cc3ccccc3C2)C1. The lowest BCUT2D eigenvalue weighted by Gasteiger charge is -2.31. The normalized spacial score (nSPS) is 22.9. The molecule has 22 heavy (non-hydrogen) atoms. The topological polar surface area (TPSA) is 34.0 Å². The molecular formula is C18H24N4. The fraction of sp³-hybridized carbons (Fsp3) is 0.556. The molecule has 1 aliphatic heterocycles. The van der Waals surface area contributed by atoms with E-state index in [0.717, 1.165) is 25.9 Å². The molecule has 116 valence electrons. The Hall–Kier alpha value is -1.68. The molecule has 1 atom stereocenters. The number of nitrogens with zero attached hydrogens (tertiary/aromatic N) is 4. The first-order valence-corrected chi connectivity index (χ1v) is 8.53. The van der Waals surface area contributed by atoms with Crippen molar-refractivity contribution >= 4 is 0 Å². The van der Waals surface area contributed by atoms with Crippen molar-refractivity contribution in [2.24, 2.45) is 0 Å². The molecule has 2 heterocycles. The molecule has 1 unspecified atom stereocenters. The van der Waals surface area contributed by atoms with Crippen LogP contribution in [0.3, 0.4) is 0 Å². The Labute approximate surface area is 132 Å². The molecule has 0 radical (unpaired) electrons. The molecule has 0 amide bonds. The summed E-state index contributed by atoms with van der Waals surface area (Å²) in [6.07, 6.45) is 6.46. The minimum absolute atomic E-state index is 0.451. The molecule has 1 saturated heterocycles. The monoisotopic (exact) mass is 296 g/mol. The molecule has 4 heteroatoms. The average Bonchev–Trinajstić information content (AvgIpc) is 3.21. The van der Waals surface area contributed by atoms with Crippen LogP contribution in [0.15, 0.2) is 30.6 Å². The van der Waals surface area contributed by atoms with E-state index in [0.29, 0.717) is 12.0 Å². The van der Waals surface area contributed by atoms with Crippen molar-refractivity contribution in [2.75, 3.05) is 19.6 Å². The van der Waals surface area contributed by atoms with Crippen LogP contribution in [0.1, 0.15) is 48.7 Å². The maximum absolute atomic E-state index is 4.64. The first kappa shape index (κ1) is 13.9. The summed E-state index contributed by atoms with van der Waals surface area (Å²) >= 11 is 0. The Bertz CT molecular complexity index is 623. The summed E-state index contributed by atoms with van der Waals surface area (Å²) in [6.45, 7) is 5.76. The molecule has 2 aromatic rings. The molecule has 0 spiro atoms. The number of aromatic nitrogens is 3. The van der Waals surface area contributed by atoms with E-state index in [-0.39, 0.29) is 0 Å². The standard InChI is InChI=1S/C18H24N4/c1-2-21-9-5-8-16(12-21)18-19-13-20-22(18)17-10-14-6-3-4-7-15(14)11-17/h3-4,6-7,13,16-17H,2,5,8-12H2,1H3. The molecular weight excluding hydrogens is 272 g/mol. The highest BCUT2D eigenvalue weighted by Gasteiger charge is 2.29. The zero-order chi connectivity index (χ0) is 14.9. The van der Waals surface area contributed by atoms with E-state index in [2.05, 4.69) is 50.9 Å². The van der Waals surface area contributed by atoms with Crippen LogP contribution in [0.5, 0.6) is 0 Å². The summed E-state index contributed by atoms with van der Waals surface area (Å²) in [5, 5.41) is 4.59. The number of piperidine rings is 1. The minimum Gasteiger partial charge on any atom is -0.303 e. The van der Waals surface area contributed by atoms with Gasteiger partial charge in [-0.1, -0.05) is 31.2 Å². The molecule has 0 bridgehead atoms. The van der Waals surface area contributed by atoms with E-state index in [1.54, 1.807) is 6.33 Å². The third kappa shape index (κ3) is 2.45. The van der Waals surface area contributed by atoms with Gasteiger partial charge in [0.05, 0.1) is 6.04 Å². The van der Waals surface area contributed by atoms with Crippen molar-refractivity contribution in [1.29, 1.82) is 0 Å². The first-order valence-electron chi connectivity index (χ1n) is 8.53. The van der Waals surface area contributed by atoms with Gasteiger partial charge in [0.25, 0.3) is 0 Å². The van der Waals surface area contributed by atoms with Gasteiger partial charge in [-0.25, -0.2) is 9.67 Å². The smallest absolute Gasteiger partial charge is 0.138 e. The predicted octanol–water partition coefficient (Wildman–Crippen LogP) is 2.82. The van der Waals surface area contributed by atoms with Crippen LogP contribution in [0.25, 0.3) is 0 Å². The van der Waals surface area contributed by atoms with E-state index < -0.39 is 0 Å². The third-order valence-corrected chi connectivity index (χ3v) is 5.29.